The van der Waals surface area contributed by atoms with Crippen molar-refractivity contribution in [2.75, 3.05) is 13.1 Å². The maximum Gasteiger partial charge on any atom is 0.416 e. The van der Waals surface area contributed by atoms with Crippen LogP contribution in [0.1, 0.15) is 29.5 Å². The van der Waals surface area contributed by atoms with Crippen LogP contribution in [0.15, 0.2) is 53.4 Å². The second-order valence-electron chi connectivity index (χ2n) is 7.32. The van der Waals surface area contributed by atoms with E-state index in [4.69, 9.17) is 0 Å². The van der Waals surface area contributed by atoms with Crippen LogP contribution in [0, 0.1) is 6.92 Å². The van der Waals surface area contributed by atoms with E-state index in [0.29, 0.717) is 24.8 Å². The Balaban J connectivity index is 1.60. The smallest absolute Gasteiger partial charge is 0.354 e. The zero-order chi connectivity index (χ0) is 21.9. The fourth-order valence-corrected chi connectivity index (χ4v) is 5.10. The lowest BCUT2D eigenvalue weighted by Crippen LogP contribution is -2.46. The summed E-state index contributed by atoms with van der Waals surface area (Å²) in [4.78, 5) is 12.7. The highest BCUT2D eigenvalue weighted by atomic mass is 32.2. The van der Waals surface area contributed by atoms with Gasteiger partial charge in [0.1, 0.15) is 6.04 Å². The lowest BCUT2D eigenvalue weighted by atomic mass is 10.1. The molecule has 0 aliphatic carbocycles. The first-order valence-corrected chi connectivity index (χ1v) is 11.1. The highest BCUT2D eigenvalue weighted by Crippen LogP contribution is 2.29. The Hall–Kier alpha value is -2.39. The van der Waals surface area contributed by atoms with Crippen LogP contribution in [0.5, 0.6) is 0 Å². The molecule has 2 aromatic rings. The number of benzene rings is 2. The minimum atomic E-state index is -4.39. The standard InChI is InChI=1S/C21H23F3N2O3S/c1-15-4-10-18(11-5-15)30(28,29)26-14-2-3-19(26)20(27)25-13-12-16-6-8-17(9-7-16)21(22,23)24/h4-11,19H,2-3,12-14H2,1H3,(H,25,27)/t19-/m0/s1. The molecule has 1 atom stereocenters. The number of nitrogens with zero attached hydrogens (tertiary/aromatic N) is 1. The van der Waals surface area contributed by atoms with Gasteiger partial charge in [-0.05, 0) is 56.0 Å². The van der Waals surface area contributed by atoms with Crippen LogP contribution in [-0.4, -0.2) is 37.8 Å². The largest absolute Gasteiger partial charge is 0.416 e. The normalized spacial score (nSPS) is 17.8. The van der Waals surface area contributed by atoms with E-state index >= 15 is 0 Å². The van der Waals surface area contributed by atoms with Gasteiger partial charge in [0.2, 0.25) is 15.9 Å². The summed E-state index contributed by atoms with van der Waals surface area (Å²) in [7, 11) is -3.78. The van der Waals surface area contributed by atoms with Gasteiger partial charge < -0.3 is 5.32 Å². The van der Waals surface area contributed by atoms with Crippen molar-refractivity contribution < 1.29 is 26.4 Å². The molecule has 1 heterocycles. The molecule has 0 aromatic heterocycles. The van der Waals surface area contributed by atoms with E-state index in [1.807, 2.05) is 6.92 Å². The van der Waals surface area contributed by atoms with Crippen LogP contribution in [-0.2, 0) is 27.4 Å². The highest BCUT2D eigenvalue weighted by Gasteiger charge is 2.39. The molecule has 0 bridgehead atoms. The maximum atomic E-state index is 12.9. The Morgan fingerprint density at radius 2 is 1.73 bits per heavy atom. The average molecular weight is 440 g/mol. The van der Waals surface area contributed by atoms with E-state index in [1.54, 1.807) is 12.1 Å². The third-order valence-electron chi connectivity index (χ3n) is 5.13. The minimum absolute atomic E-state index is 0.151. The van der Waals surface area contributed by atoms with Crippen molar-refractivity contribution in [3.8, 4) is 0 Å². The van der Waals surface area contributed by atoms with E-state index < -0.39 is 33.7 Å². The number of amides is 1. The van der Waals surface area contributed by atoms with E-state index in [2.05, 4.69) is 5.32 Å². The van der Waals surface area contributed by atoms with E-state index in [9.17, 15) is 26.4 Å². The Morgan fingerprint density at radius 3 is 2.33 bits per heavy atom. The predicted molar refractivity (Wildman–Crippen MR) is 106 cm³/mol. The number of carbonyl (C=O) groups is 1. The second kappa shape index (κ2) is 8.77. The molecule has 1 saturated heterocycles. The number of nitrogens with one attached hydrogen (secondary N) is 1. The van der Waals surface area contributed by atoms with Gasteiger partial charge in [-0.1, -0.05) is 29.8 Å². The van der Waals surface area contributed by atoms with Crippen molar-refractivity contribution in [2.24, 2.45) is 0 Å². The maximum absolute atomic E-state index is 12.9. The summed E-state index contributed by atoms with van der Waals surface area (Å²) in [6.45, 7) is 2.34. The third kappa shape index (κ3) is 5.02. The Bertz CT molecular complexity index is 988. The first kappa shape index (κ1) is 22.3. The first-order chi connectivity index (χ1) is 14.1. The number of carbonyl (C=O) groups excluding carboxylic acids is 1. The molecule has 1 amide bonds. The molecule has 1 aliphatic rings. The molecule has 1 N–H and O–H groups in total. The number of hydrogen-bond donors (Lipinski definition) is 1. The Kier molecular flexibility index (Phi) is 6.52. The lowest BCUT2D eigenvalue weighted by Gasteiger charge is -2.23. The Morgan fingerprint density at radius 1 is 1.10 bits per heavy atom. The molecule has 30 heavy (non-hydrogen) atoms. The van der Waals surface area contributed by atoms with Gasteiger partial charge in [0.25, 0.3) is 0 Å². The van der Waals surface area contributed by atoms with Crippen LogP contribution in [0.3, 0.4) is 0 Å². The molecule has 1 fully saturated rings. The van der Waals surface area contributed by atoms with Gasteiger partial charge in [0, 0.05) is 13.1 Å². The number of sulfonamides is 1. The molecule has 5 nitrogen and oxygen atoms in total. The summed E-state index contributed by atoms with van der Waals surface area (Å²) in [6, 6.07) is 10.4. The number of aryl methyl sites for hydroxylation is 1. The predicted octanol–water partition coefficient (Wildman–Crippen LogP) is 3.53. The van der Waals surface area contributed by atoms with Crippen LogP contribution >= 0.6 is 0 Å². The number of rotatable bonds is 6. The van der Waals surface area contributed by atoms with Crippen molar-refractivity contribution in [1.82, 2.24) is 9.62 Å². The van der Waals surface area contributed by atoms with Gasteiger partial charge in [0.15, 0.2) is 0 Å². The number of halogens is 3. The molecule has 0 unspecified atom stereocenters. The summed E-state index contributed by atoms with van der Waals surface area (Å²) in [5, 5.41) is 2.71. The van der Waals surface area contributed by atoms with Gasteiger partial charge in [-0.2, -0.15) is 17.5 Å². The molecule has 162 valence electrons. The van der Waals surface area contributed by atoms with Crippen molar-refractivity contribution in [2.45, 2.75) is 43.3 Å². The molecule has 1 aliphatic heterocycles. The molecular weight excluding hydrogens is 417 g/mol. The van der Waals surface area contributed by atoms with Crippen LogP contribution in [0.25, 0.3) is 0 Å². The summed E-state index contributed by atoms with van der Waals surface area (Å²) >= 11 is 0. The average Bonchev–Trinajstić information content (AvgIpc) is 3.19. The van der Waals surface area contributed by atoms with E-state index in [1.165, 1.54) is 28.6 Å². The molecule has 9 heteroatoms. The zero-order valence-corrected chi connectivity index (χ0v) is 17.3. The van der Waals surface area contributed by atoms with Gasteiger partial charge in [-0.15, -0.1) is 0 Å². The SMILES string of the molecule is Cc1ccc(S(=O)(=O)N2CCC[C@H]2C(=O)NCCc2ccc(C(F)(F)F)cc2)cc1. The van der Waals surface area contributed by atoms with Crippen LogP contribution in [0.4, 0.5) is 13.2 Å². The van der Waals surface area contributed by atoms with Gasteiger partial charge in [-0.25, -0.2) is 8.42 Å². The monoisotopic (exact) mass is 440 g/mol. The third-order valence-corrected chi connectivity index (χ3v) is 7.05. The highest BCUT2D eigenvalue weighted by molar-refractivity contribution is 7.89. The minimum Gasteiger partial charge on any atom is -0.354 e. The van der Waals surface area contributed by atoms with Crippen molar-refractivity contribution in [3.05, 3.63) is 65.2 Å². The number of alkyl halides is 3. The first-order valence-electron chi connectivity index (χ1n) is 9.61. The summed E-state index contributed by atoms with van der Waals surface area (Å²) < 4.78 is 64.9. The lowest BCUT2D eigenvalue weighted by molar-refractivity contribution is -0.137. The molecule has 2 aromatic carbocycles. The zero-order valence-electron chi connectivity index (χ0n) is 16.4. The molecule has 0 radical (unpaired) electrons. The van der Waals surface area contributed by atoms with Crippen molar-refractivity contribution in [3.63, 3.8) is 0 Å². The Labute approximate surface area is 173 Å². The van der Waals surface area contributed by atoms with Crippen LogP contribution in [0.2, 0.25) is 0 Å². The summed E-state index contributed by atoms with van der Waals surface area (Å²) in [5.74, 6) is -0.393. The van der Waals surface area contributed by atoms with E-state index in [0.717, 1.165) is 17.7 Å². The van der Waals surface area contributed by atoms with Crippen molar-refractivity contribution in [1.29, 1.82) is 0 Å². The van der Waals surface area contributed by atoms with Gasteiger partial charge in [0.05, 0.1) is 10.5 Å². The fourth-order valence-electron chi connectivity index (χ4n) is 3.44. The summed E-state index contributed by atoms with van der Waals surface area (Å²) in [5.41, 5.74) is 0.866. The molecule has 0 spiro atoms. The van der Waals surface area contributed by atoms with Gasteiger partial charge in [-0.3, -0.25) is 4.79 Å². The summed E-state index contributed by atoms with van der Waals surface area (Å²) in [6.07, 6.45) is -3.03. The van der Waals surface area contributed by atoms with Crippen LogP contribution < -0.4 is 5.32 Å². The topological polar surface area (TPSA) is 66.5 Å². The molecule has 3 rings (SSSR count). The fraction of sp³-hybridized carbons (Fsp3) is 0.381. The molecule has 0 saturated carbocycles. The van der Waals surface area contributed by atoms with Crippen molar-refractivity contribution >= 4 is 15.9 Å². The number of hydrogen-bond acceptors (Lipinski definition) is 3. The molecular formula is C21H23F3N2O3S. The van der Waals surface area contributed by atoms with E-state index in [-0.39, 0.29) is 18.0 Å². The quantitative estimate of drug-likeness (QED) is 0.748. The van der Waals surface area contributed by atoms with Gasteiger partial charge >= 0.3 is 6.18 Å². The second-order valence-corrected chi connectivity index (χ2v) is 9.21.